The number of carbonyl (C=O) groups excluding carboxylic acids is 1. The van der Waals surface area contributed by atoms with E-state index in [1.54, 1.807) is 4.90 Å². The van der Waals surface area contributed by atoms with Gasteiger partial charge in [0.25, 0.3) is 5.91 Å². The number of aliphatic carboxylic acids is 1. The molecular weight excluding hydrogens is 609 g/mol. The predicted molar refractivity (Wildman–Crippen MR) is 166 cm³/mol. The third-order valence-corrected chi connectivity index (χ3v) is 8.93. The average Bonchev–Trinajstić information content (AvgIpc) is 3.04. The third-order valence-electron chi connectivity index (χ3n) is 7.82. The molecule has 2 N–H and O–H groups in total. The zero-order chi connectivity index (χ0) is 32.0. The van der Waals surface area contributed by atoms with Crippen molar-refractivity contribution in [3.63, 3.8) is 0 Å². The van der Waals surface area contributed by atoms with Crippen LogP contribution < -0.4 is 20.0 Å². The maximum atomic E-state index is 13.4. The number of benzene rings is 1. The molecule has 0 aliphatic carbocycles. The highest BCUT2D eigenvalue weighted by Crippen LogP contribution is 2.29. The standard InChI is InChI=1S/C30H35F3N8O3S/c1-20-8-11-40(12-9-20)29-36-22(26(42)35-23(27(43)44)19-45-18-21-5-3-2-4-6-21)17-25(38-29)39-13-15-41(16-14-39)28-34-10-7-24(37-28)30(31,32)33/h2-7,10,17,20,23H,8-9,11-16,18-19H2,1H3,(H,35,42)(H,43,44)/t23-/m0/s1. The van der Waals surface area contributed by atoms with Gasteiger partial charge >= 0.3 is 12.1 Å². The molecule has 3 aromatic rings. The summed E-state index contributed by atoms with van der Waals surface area (Å²) in [5.74, 6) is 0.447. The Balaban J connectivity index is 1.31. The molecule has 0 unspecified atom stereocenters. The highest BCUT2D eigenvalue weighted by Gasteiger charge is 2.34. The van der Waals surface area contributed by atoms with Gasteiger partial charge < -0.3 is 25.1 Å². The van der Waals surface area contributed by atoms with Crippen LogP contribution in [0, 0.1) is 5.92 Å². The maximum absolute atomic E-state index is 13.4. The molecule has 45 heavy (non-hydrogen) atoms. The molecule has 11 nitrogen and oxygen atoms in total. The quantitative estimate of drug-likeness (QED) is 0.333. The first kappa shape index (κ1) is 32.3. The van der Waals surface area contributed by atoms with Crippen LogP contribution in [0.4, 0.5) is 30.9 Å². The molecule has 0 saturated carbocycles. The lowest BCUT2D eigenvalue weighted by atomic mass is 10.00. The van der Waals surface area contributed by atoms with Crippen molar-refractivity contribution in [1.82, 2.24) is 25.3 Å². The number of hydrogen-bond donors (Lipinski definition) is 2. The summed E-state index contributed by atoms with van der Waals surface area (Å²) in [6.45, 7) is 5.08. The van der Waals surface area contributed by atoms with E-state index in [0.717, 1.165) is 43.8 Å². The maximum Gasteiger partial charge on any atom is 0.433 e. The van der Waals surface area contributed by atoms with Crippen LogP contribution in [0.2, 0.25) is 0 Å². The molecule has 5 rings (SSSR count). The molecule has 2 fully saturated rings. The van der Waals surface area contributed by atoms with E-state index in [1.165, 1.54) is 17.8 Å². The highest BCUT2D eigenvalue weighted by atomic mass is 32.2. The highest BCUT2D eigenvalue weighted by molar-refractivity contribution is 7.98. The van der Waals surface area contributed by atoms with Gasteiger partial charge in [-0.25, -0.2) is 19.7 Å². The number of hydrogen-bond acceptors (Lipinski definition) is 10. The van der Waals surface area contributed by atoms with Crippen LogP contribution in [0.1, 0.15) is 41.5 Å². The fourth-order valence-corrected chi connectivity index (χ4v) is 6.13. The molecule has 0 radical (unpaired) electrons. The van der Waals surface area contributed by atoms with E-state index < -0.39 is 29.8 Å². The number of amides is 1. The van der Waals surface area contributed by atoms with E-state index in [4.69, 9.17) is 4.98 Å². The summed E-state index contributed by atoms with van der Waals surface area (Å²) in [4.78, 5) is 48.2. The van der Waals surface area contributed by atoms with Crippen LogP contribution in [0.3, 0.4) is 0 Å². The number of carboxylic acids is 1. The molecule has 1 amide bonds. The summed E-state index contributed by atoms with van der Waals surface area (Å²) in [5, 5.41) is 12.5. The van der Waals surface area contributed by atoms with Crippen molar-refractivity contribution in [2.75, 3.05) is 59.7 Å². The number of piperidine rings is 1. The summed E-state index contributed by atoms with van der Waals surface area (Å²) in [7, 11) is 0. The molecule has 1 atom stereocenters. The Labute approximate surface area is 263 Å². The minimum atomic E-state index is -4.57. The minimum Gasteiger partial charge on any atom is -0.480 e. The number of rotatable bonds is 10. The van der Waals surface area contributed by atoms with Crippen molar-refractivity contribution in [3.8, 4) is 0 Å². The van der Waals surface area contributed by atoms with Gasteiger partial charge in [-0.3, -0.25) is 4.79 Å². The van der Waals surface area contributed by atoms with Crippen molar-refractivity contribution < 1.29 is 27.9 Å². The van der Waals surface area contributed by atoms with Gasteiger partial charge in [-0.1, -0.05) is 37.3 Å². The Hall–Kier alpha value is -4.14. The number of nitrogens with zero attached hydrogens (tertiary/aromatic N) is 7. The second kappa shape index (κ2) is 14.3. The number of alkyl halides is 3. The first-order chi connectivity index (χ1) is 21.6. The summed E-state index contributed by atoms with van der Waals surface area (Å²) < 4.78 is 39.6. The Bertz CT molecular complexity index is 1470. The van der Waals surface area contributed by atoms with Gasteiger partial charge in [0.15, 0.2) is 0 Å². The van der Waals surface area contributed by atoms with Gasteiger partial charge in [-0.2, -0.15) is 29.9 Å². The fourth-order valence-electron chi connectivity index (χ4n) is 5.12. The Kier molecular flexibility index (Phi) is 10.3. The SMILES string of the molecule is CC1CCN(c2nc(C(=O)N[C@@H](CSCc3ccccc3)C(=O)O)cc(N3CCN(c4nccc(C(F)(F)F)n4)CC3)n2)CC1. The molecular formula is C30H35F3N8O3S. The first-order valence-electron chi connectivity index (χ1n) is 14.8. The van der Waals surface area contributed by atoms with Crippen LogP contribution in [0.15, 0.2) is 48.7 Å². The second-order valence-electron chi connectivity index (χ2n) is 11.2. The van der Waals surface area contributed by atoms with Crippen LogP contribution in [0.5, 0.6) is 0 Å². The lowest BCUT2D eigenvalue weighted by molar-refractivity contribution is -0.141. The van der Waals surface area contributed by atoms with Crippen molar-refractivity contribution in [2.45, 2.75) is 37.7 Å². The molecule has 2 saturated heterocycles. The van der Waals surface area contributed by atoms with Crippen molar-refractivity contribution in [2.24, 2.45) is 5.92 Å². The zero-order valence-corrected chi connectivity index (χ0v) is 25.6. The van der Waals surface area contributed by atoms with Crippen molar-refractivity contribution in [1.29, 1.82) is 0 Å². The molecule has 2 aromatic heterocycles. The largest absolute Gasteiger partial charge is 0.480 e. The van der Waals surface area contributed by atoms with E-state index in [1.807, 2.05) is 40.1 Å². The fraction of sp³-hybridized carbons (Fsp3) is 0.467. The van der Waals surface area contributed by atoms with E-state index in [-0.39, 0.29) is 17.4 Å². The smallest absolute Gasteiger partial charge is 0.433 e. The number of halogens is 3. The molecule has 0 bridgehead atoms. The van der Waals surface area contributed by atoms with E-state index in [2.05, 4.69) is 27.2 Å². The van der Waals surface area contributed by atoms with E-state index in [0.29, 0.717) is 49.6 Å². The number of carboxylic acid groups (broad SMARTS) is 1. The van der Waals surface area contributed by atoms with Gasteiger partial charge in [0.2, 0.25) is 11.9 Å². The molecule has 4 heterocycles. The number of nitrogens with one attached hydrogen (secondary N) is 1. The number of anilines is 3. The van der Waals surface area contributed by atoms with E-state index in [9.17, 15) is 27.9 Å². The van der Waals surface area contributed by atoms with Crippen molar-refractivity contribution in [3.05, 3.63) is 65.6 Å². The van der Waals surface area contributed by atoms with E-state index >= 15 is 0 Å². The average molecular weight is 645 g/mol. The van der Waals surface area contributed by atoms with Crippen molar-refractivity contribution >= 4 is 41.4 Å². The van der Waals surface area contributed by atoms with Crippen LogP contribution in [-0.2, 0) is 16.7 Å². The third kappa shape index (κ3) is 8.53. The van der Waals surface area contributed by atoms with Crippen LogP contribution in [-0.4, -0.2) is 88.0 Å². The molecule has 1 aromatic carbocycles. The molecule has 2 aliphatic rings. The number of thioether (sulfide) groups is 1. The van der Waals surface area contributed by atoms with Gasteiger partial charge in [0, 0.05) is 63.0 Å². The number of carbonyl (C=O) groups is 2. The lowest BCUT2D eigenvalue weighted by Crippen LogP contribution is -2.48. The second-order valence-corrected chi connectivity index (χ2v) is 12.2. The zero-order valence-electron chi connectivity index (χ0n) is 24.8. The summed E-state index contributed by atoms with van der Waals surface area (Å²) in [5.41, 5.74) is 0.107. The number of aromatic nitrogens is 4. The molecule has 0 spiro atoms. The summed E-state index contributed by atoms with van der Waals surface area (Å²) in [6, 6.07) is 10.9. The van der Waals surface area contributed by atoms with Crippen LogP contribution >= 0.6 is 11.8 Å². The topological polar surface area (TPSA) is 128 Å². The van der Waals surface area contributed by atoms with Gasteiger partial charge in [-0.15, -0.1) is 0 Å². The lowest BCUT2D eigenvalue weighted by Gasteiger charge is -2.36. The van der Waals surface area contributed by atoms with Crippen LogP contribution in [0.25, 0.3) is 0 Å². The minimum absolute atomic E-state index is 0.000187. The predicted octanol–water partition coefficient (Wildman–Crippen LogP) is 3.96. The molecule has 240 valence electrons. The summed E-state index contributed by atoms with van der Waals surface area (Å²) >= 11 is 1.41. The normalized spacial score (nSPS) is 16.8. The monoisotopic (exact) mass is 644 g/mol. The number of piperazine rings is 1. The Morgan fingerprint density at radius 1 is 0.956 bits per heavy atom. The Morgan fingerprint density at radius 3 is 2.29 bits per heavy atom. The van der Waals surface area contributed by atoms with Gasteiger partial charge in [0.05, 0.1) is 0 Å². The first-order valence-corrected chi connectivity index (χ1v) is 15.9. The van der Waals surface area contributed by atoms with Gasteiger partial charge in [-0.05, 0) is 30.4 Å². The Morgan fingerprint density at radius 2 is 1.62 bits per heavy atom. The summed E-state index contributed by atoms with van der Waals surface area (Å²) in [6.07, 6.45) is -1.57. The molecule has 2 aliphatic heterocycles. The van der Waals surface area contributed by atoms with Gasteiger partial charge in [0.1, 0.15) is 23.2 Å². The molecule has 15 heteroatoms.